The van der Waals surface area contributed by atoms with Gasteiger partial charge in [0.15, 0.2) is 0 Å². The van der Waals surface area contributed by atoms with Crippen LogP contribution in [-0.2, 0) is 4.79 Å². The fourth-order valence-electron chi connectivity index (χ4n) is 1.32. The van der Waals surface area contributed by atoms with Crippen molar-refractivity contribution >= 4 is 5.91 Å². The highest BCUT2D eigenvalue weighted by Gasteiger charge is 2.17. The average Bonchev–Trinajstić information content (AvgIpc) is 2.16. The molecule has 0 aromatic heterocycles. The molecule has 3 heteroatoms. The molecule has 0 aromatic rings. The van der Waals surface area contributed by atoms with Crippen LogP contribution in [0.5, 0.6) is 0 Å². The fraction of sp³-hybridized carbons (Fsp3) is 0.909. The minimum atomic E-state index is -0.0982. The minimum absolute atomic E-state index is 0.0858. The molecule has 3 nitrogen and oxygen atoms in total. The summed E-state index contributed by atoms with van der Waals surface area (Å²) in [7, 11) is 0. The number of carbonyl (C=O) groups is 1. The van der Waals surface area contributed by atoms with Crippen LogP contribution in [0.3, 0.4) is 0 Å². The van der Waals surface area contributed by atoms with Crippen molar-refractivity contribution in [3.05, 3.63) is 0 Å². The van der Waals surface area contributed by atoms with Crippen LogP contribution in [0.1, 0.15) is 41.0 Å². The lowest BCUT2D eigenvalue weighted by molar-refractivity contribution is -0.122. The van der Waals surface area contributed by atoms with E-state index in [4.69, 9.17) is 0 Å². The molecule has 0 rings (SSSR count). The van der Waals surface area contributed by atoms with E-state index in [2.05, 4.69) is 31.4 Å². The van der Waals surface area contributed by atoms with Crippen molar-refractivity contribution in [3.63, 3.8) is 0 Å². The van der Waals surface area contributed by atoms with Gasteiger partial charge < -0.3 is 10.6 Å². The summed E-state index contributed by atoms with van der Waals surface area (Å²) < 4.78 is 0. The first-order valence-electron chi connectivity index (χ1n) is 5.56. The van der Waals surface area contributed by atoms with Crippen LogP contribution in [0.25, 0.3) is 0 Å². The summed E-state index contributed by atoms with van der Waals surface area (Å²) in [4.78, 5) is 11.4. The molecule has 3 unspecified atom stereocenters. The number of nitrogens with one attached hydrogen (secondary N) is 2. The van der Waals surface area contributed by atoms with Crippen molar-refractivity contribution in [2.75, 3.05) is 6.54 Å². The summed E-state index contributed by atoms with van der Waals surface area (Å²) >= 11 is 0. The second kappa shape index (κ2) is 6.82. The summed E-state index contributed by atoms with van der Waals surface area (Å²) in [5.41, 5.74) is 0. The standard InChI is InChI=1S/C11H24N2O/c1-6-8(3)9(4)13-10(5)11(14)12-7-2/h8-10,13H,6-7H2,1-5H3,(H,12,14). The van der Waals surface area contributed by atoms with Crippen LogP contribution in [-0.4, -0.2) is 24.5 Å². The predicted octanol–water partition coefficient (Wildman–Crippen LogP) is 1.54. The van der Waals surface area contributed by atoms with E-state index in [-0.39, 0.29) is 11.9 Å². The lowest BCUT2D eigenvalue weighted by Crippen LogP contribution is -2.47. The van der Waals surface area contributed by atoms with E-state index in [1.165, 1.54) is 0 Å². The molecule has 0 fully saturated rings. The Bertz CT molecular complexity index is 171. The number of hydrogen-bond donors (Lipinski definition) is 2. The largest absolute Gasteiger partial charge is 0.355 e. The van der Waals surface area contributed by atoms with Gasteiger partial charge in [-0.25, -0.2) is 0 Å². The molecule has 0 saturated carbocycles. The van der Waals surface area contributed by atoms with Gasteiger partial charge in [-0.15, -0.1) is 0 Å². The maximum Gasteiger partial charge on any atom is 0.236 e. The first kappa shape index (κ1) is 13.4. The Balaban J connectivity index is 3.92. The molecule has 0 saturated heterocycles. The van der Waals surface area contributed by atoms with Crippen molar-refractivity contribution in [1.29, 1.82) is 0 Å². The van der Waals surface area contributed by atoms with Gasteiger partial charge in [-0.2, -0.15) is 0 Å². The molecule has 0 heterocycles. The molecular weight excluding hydrogens is 176 g/mol. The molecule has 0 radical (unpaired) electrons. The van der Waals surface area contributed by atoms with Crippen LogP contribution < -0.4 is 10.6 Å². The lowest BCUT2D eigenvalue weighted by Gasteiger charge is -2.23. The zero-order chi connectivity index (χ0) is 11.1. The molecular formula is C11H24N2O. The Morgan fingerprint density at radius 1 is 1.21 bits per heavy atom. The van der Waals surface area contributed by atoms with E-state index in [9.17, 15) is 4.79 Å². The van der Waals surface area contributed by atoms with E-state index < -0.39 is 0 Å². The maximum absolute atomic E-state index is 11.4. The molecule has 0 aliphatic heterocycles. The van der Waals surface area contributed by atoms with Crippen LogP contribution in [0.2, 0.25) is 0 Å². The first-order valence-corrected chi connectivity index (χ1v) is 5.56. The van der Waals surface area contributed by atoms with Crippen molar-refractivity contribution in [2.45, 2.75) is 53.1 Å². The van der Waals surface area contributed by atoms with Gasteiger partial charge >= 0.3 is 0 Å². The highest BCUT2D eigenvalue weighted by atomic mass is 16.2. The van der Waals surface area contributed by atoms with Crippen LogP contribution >= 0.6 is 0 Å². The normalized spacial score (nSPS) is 17.2. The fourth-order valence-corrected chi connectivity index (χ4v) is 1.32. The highest BCUT2D eigenvalue weighted by molar-refractivity contribution is 5.81. The second-order valence-corrected chi connectivity index (χ2v) is 3.96. The average molecular weight is 200 g/mol. The molecule has 0 aliphatic carbocycles. The van der Waals surface area contributed by atoms with E-state index in [0.717, 1.165) is 6.42 Å². The van der Waals surface area contributed by atoms with E-state index in [1.807, 2.05) is 13.8 Å². The summed E-state index contributed by atoms with van der Waals surface area (Å²) in [6.45, 7) is 11.0. The zero-order valence-electron chi connectivity index (χ0n) is 10.1. The third-order valence-electron chi connectivity index (χ3n) is 2.75. The van der Waals surface area contributed by atoms with Gasteiger partial charge in [-0.05, 0) is 26.7 Å². The number of likely N-dealkylation sites (N-methyl/N-ethyl adjacent to an activating group) is 1. The zero-order valence-corrected chi connectivity index (χ0v) is 10.1. The van der Waals surface area contributed by atoms with Crippen LogP contribution in [0.15, 0.2) is 0 Å². The van der Waals surface area contributed by atoms with Gasteiger partial charge in [0.2, 0.25) is 5.91 Å². The van der Waals surface area contributed by atoms with E-state index in [0.29, 0.717) is 18.5 Å². The van der Waals surface area contributed by atoms with Crippen LogP contribution in [0.4, 0.5) is 0 Å². The molecule has 14 heavy (non-hydrogen) atoms. The van der Waals surface area contributed by atoms with Gasteiger partial charge in [0.25, 0.3) is 0 Å². The molecule has 0 spiro atoms. The second-order valence-electron chi connectivity index (χ2n) is 3.96. The minimum Gasteiger partial charge on any atom is -0.355 e. The smallest absolute Gasteiger partial charge is 0.236 e. The van der Waals surface area contributed by atoms with Gasteiger partial charge in [0, 0.05) is 12.6 Å². The molecule has 0 bridgehead atoms. The Labute approximate surface area is 87.6 Å². The quantitative estimate of drug-likeness (QED) is 0.683. The van der Waals surface area contributed by atoms with Gasteiger partial charge in [0.05, 0.1) is 6.04 Å². The third-order valence-corrected chi connectivity index (χ3v) is 2.75. The maximum atomic E-state index is 11.4. The Morgan fingerprint density at radius 2 is 1.79 bits per heavy atom. The van der Waals surface area contributed by atoms with Gasteiger partial charge in [0.1, 0.15) is 0 Å². The number of hydrogen-bond acceptors (Lipinski definition) is 2. The SMILES string of the molecule is CCNC(=O)C(C)NC(C)C(C)CC. The van der Waals surface area contributed by atoms with Gasteiger partial charge in [-0.1, -0.05) is 20.3 Å². The Kier molecular flexibility index (Phi) is 6.54. The summed E-state index contributed by atoms with van der Waals surface area (Å²) in [5, 5.41) is 6.11. The highest BCUT2D eigenvalue weighted by Crippen LogP contribution is 2.07. The van der Waals surface area contributed by atoms with Crippen molar-refractivity contribution in [2.24, 2.45) is 5.92 Å². The third kappa shape index (κ3) is 4.61. The predicted molar refractivity (Wildman–Crippen MR) is 60.2 cm³/mol. The van der Waals surface area contributed by atoms with E-state index >= 15 is 0 Å². The molecule has 2 N–H and O–H groups in total. The monoisotopic (exact) mass is 200 g/mol. The van der Waals surface area contributed by atoms with Crippen molar-refractivity contribution in [1.82, 2.24) is 10.6 Å². The van der Waals surface area contributed by atoms with E-state index in [1.54, 1.807) is 0 Å². The molecule has 84 valence electrons. The molecule has 1 amide bonds. The Morgan fingerprint density at radius 3 is 2.21 bits per heavy atom. The number of carbonyl (C=O) groups excluding carboxylic acids is 1. The molecule has 0 aliphatic rings. The summed E-state index contributed by atoms with van der Waals surface area (Å²) in [6, 6.07) is 0.288. The first-order chi connectivity index (χ1) is 6.52. The van der Waals surface area contributed by atoms with Crippen molar-refractivity contribution < 1.29 is 4.79 Å². The summed E-state index contributed by atoms with van der Waals surface area (Å²) in [5.74, 6) is 0.689. The number of rotatable bonds is 6. The number of amides is 1. The Hall–Kier alpha value is -0.570. The molecule has 3 atom stereocenters. The topological polar surface area (TPSA) is 41.1 Å². The summed E-state index contributed by atoms with van der Waals surface area (Å²) in [6.07, 6.45) is 1.14. The van der Waals surface area contributed by atoms with Crippen LogP contribution in [0, 0.1) is 5.92 Å². The lowest BCUT2D eigenvalue weighted by atomic mass is 10.0. The van der Waals surface area contributed by atoms with Crippen molar-refractivity contribution in [3.8, 4) is 0 Å². The van der Waals surface area contributed by atoms with Gasteiger partial charge in [-0.3, -0.25) is 4.79 Å². The molecule has 0 aromatic carbocycles.